The molecule has 1 aromatic carbocycles. The zero-order valence-corrected chi connectivity index (χ0v) is 22.9. The third-order valence-electron chi connectivity index (χ3n) is 6.45. The van der Waals surface area contributed by atoms with E-state index in [2.05, 4.69) is 56.9 Å². The number of fused-ring (bicyclic) bond motifs is 1. The summed E-state index contributed by atoms with van der Waals surface area (Å²) in [6.07, 6.45) is 10.8. The Morgan fingerprint density at radius 3 is 2.78 bits per heavy atom. The Hall–Kier alpha value is -2.88. The molecule has 0 spiro atoms. The number of hydrogen-bond donors (Lipinski definition) is 0. The second-order valence-corrected chi connectivity index (χ2v) is 9.93. The number of benzene rings is 1. The van der Waals surface area contributed by atoms with E-state index in [4.69, 9.17) is 25.7 Å². The number of halogens is 1. The summed E-state index contributed by atoms with van der Waals surface area (Å²) in [5.41, 5.74) is 5.56. The monoisotopic (exact) mass is 600 g/mol. The lowest BCUT2D eigenvalue weighted by Crippen LogP contribution is -2.19. The molecule has 1 aliphatic rings. The zero-order valence-electron chi connectivity index (χ0n) is 20.7. The largest absolute Gasteiger partial charge is 0.475 e. The van der Waals surface area contributed by atoms with Crippen molar-refractivity contribution in [1.82, 2.24) is 29.3 Å². The van der Waals surface area contributed by atoms with Gasteiger partial charge >= 0.3 is 0 Å². The number of terminal acetylenes is 1. The minimum atomic E-state index is -0.0719. The summed E-state index contributed by atoms with van der Waals surface area (Å²) in [7, 11) is 3.80. The van der Waals surface area contributed by atoms with E-state index in [0.29, 0.717) is 25.5 Å². The summed E-state index contributed by atoms with van der Waals surface area (Å²) in [5, 5.41) is 14.5. The van der Waals surface area contributed by atoms with Crippen molar-refractivity contribution in [2.24, 2.45) is 14.1 Å². The summed E-state index contributed by atoms with van der Waals surface area (Å²) in [6, 6.07) is 6.24. The minimum absolute atomic E-state index is 0.0719. The molecule has 1 aliphatic heterocycles. The molecular formula is C26H29IN6O3. The van der Waals surface area contributed by atoms with Gasteiger partial charge in [0.25, 0.3) is 0 Å². The van der Waals surface area contributed by atoms with Gasteiger partial charge in [0.2, 0.25) is 5.88 Å². The summed E-state index contributed by atoms with van der Waals surface area (Å²) in [5.74, 6) is 3.50. The van der Waals surface area contributed by atoms with E-state index in [-0.39, 0.29) is 6.23 Å². The average molecular weight is 600 g/mol. The van der Waals surface area contributed by atoms with Crippen molar-refractivity contribution in [3.8, 4) is 29.4 Å². The summed E-state index contributed by atoms with van der Waals surface area (Å²) >= 11 is 2.25. The Bertz CT molecular complexity index is 1420. The van der Waals surface area contributed by atoms with Crippen molar-refractivity contribution in [3.05, 3.63) is 45.0 Å². The maximum atomic E-state index is 5.96. The molecule has 1 saturated heterocycles. The van der Waals surface area contributed by atoms with Crippen molar-refractivity contribution < 1.29 is 14.2 Å². The van der Waals surface area contributed by atoms with Crippen LogP contribution in [-0.2, 0) is 30.2 Å². The van der Waals surface area contributed by atoms with Crippen molar-refractivity contribution in [3.63, 3.8) is 0 Å². The predicted molar refractivity (Wildman–Crippen MR) is 145 cm³/mol. The lowest BCUT2D eigenvalue weighted by Gasteiger charge is -2.23. The lowest BCUT2D eigenvalue weighted by molar-refractivity contribution is -0.0367. The number of aryl methyl sites for hydroxylation is 3. The first-order chi connectivity index (χ1) is 17.5. The van der Waals surface area contributed by atoms with Crippen LogP contribution in [-0.4, -0.2) is 49.2 Å². The third kappa shape index (κ3) is 4.75. The average Bonchev–Trinajstić information content (AvgIpc) is 3.52. The first kappa shape index (κ1) is 24.8. The first-order valence-electron chi connectivity index (χ1n) is 12.0. The number of hydrogen-bond acceptors (Lipinski definition) is 6. The molecule has 0 aliphatic carbocycles. The number of nitrogens with zero attached hydrogens (tertiary/aromatic N) is 6. The van der Waals surface area contributed by atoms with E-state index in [9.17, 15) is 0 Å². The highest BCUT2D eigenvalue weighted by atomic mass is 127. The van der Waals surface area contributed by atoms with Crippen LogP contribution in [0.3, 0.4) is 0 Å². The lowest BCUT2D eigenvalue weighted by atomic mass is 10.0. The third-order valence-corrected chi connectivity index (χ3v) is 7.69. The smallest absolute Gasteiger partial charge is 0.225 e. The van der Waals surface area contributed by atoms with Crippen molar-refractivity contribution in [1.29, 1.82) is 0 Å². The van der Waals surface area contributed by atoms with Gasteiger partial charge in [-0.1, -0.05) is 6.07 Å². The molecule has 188 valence electrons. The fraction of sp³-hybridized carbons (Fsp3) is 0.423. The molecule has 0 radical (unpaired) electrons. The first-order valence-corrected chi connectivity index (χ1v) is 13.1. The molecule has 0 N–H and O–H groups in total. The normalized spacial score (nSPS) is 15.9. The second kappa shape index (κ2) is 10.6. The Morgan fingerprint density at radius 1 is 1.19 bits per heavy atom. The van der Waals surface area contributed by atoms with Crippen LogP contribution in [0.25, 0.3) is 22.0 Å². The summed E-state index contributed by atoms with van der Waals surface area (Å²) in [6.45, 7) is 4.00. The van der Waals surface area contributed by atoms with Gasteiger partial charge in [-0.2, -0.15) is 15.3 Å². The van der Waals surface area contributed by atoms with Gasteiger partial charge in [-0.05, 0) is 72.4 Å². The van der Waals surface area contributed by atoms with Gasteiger partial charge in [-0.3, -0.25) is 4.68 Å². The Balaban J connectivity index is 1.31. The molecule has 0 amide bonds. The molecule has 3 aromatic heterocycles. The van der Waals surface area contributed by atoms with Crippen LogP contribution in [0.5, 0.6) is 5.88 Å². The summed E-state index contributed by atoms with van der Waals surface area (Å²) < 4.78 is 24.4. The van der Waals surface area contributed by atoms with Gasteiger partial charge in [0, 0.05) is 31.7 Å². The Kier molecular flexibility index (Phi) is 7.32. The van der Waals surface area contributed by atoms with Crippen LogP contribution in [0.2, 0.25) is 0 Å². The molecule has 5 rings (SSSR count). The van der Waals surface area contributed by atoms with Crippen LogP contribution >= 0.6 is 22.6 Å². The van der Waals surface area contributed by atoms with E-state index in [0.717, 1.165) is 68.7 Å². The topological polar surface area (TPSA) is 81.2 Å². The van der Waals surface area contributed by atoms with Gasteiger partial charge in [0.15, 0.2) is 6.23 Å². The van der Waals surface area contributed by atoms with Crippen LogP contribution in [0.4, 0.5) is 0 Å². The molecule has 4 aromatic rings. The van der Waals surface area contributed by atoms with E-state index in [1.165, 1.54) is 0 Å². The van der Waals surface area contributed by atoms with Gasteiger partial charge < -0.3 is 14.2 Å². The molecule has 10 heteroatoms. The van der Waals surface area contributed by atoms with Crippen LogP contribution in [0, 0.1) is 22.8 Å². The molecule has 1 atom stereocenters. The quantitative estimate of drug-likeness (QED) is 0.170. The Labute approximate surface area is 223 Å². The SMILES string of the molecule is C#Cc1nn(C2CCCCO2)c2ccc(-c3cnn(C)c3COCCOc3c(I)c(C)nn3C)cc12. The highest BCUT2D eigenvalue weighted by Gasteiger charge is 2.21. The van der Waals surface area contributed by atoms with E-state index < -0.39 is 0 Å². The molecule has 1 unspecified atom stereocenters. The minimum Gasteiger partial charge on any atom is -0.475 e. The standard InChI is InChI=1S/C26H29IN6O3/c1-5-21-19-14-18(9-10-22(19)33(30-21)24-8-6-7-11-35-24)20-15-28-31(3)23(20)16-34-12-13-36-26-25(27)17(2)29-32(26)4/h1,9-10,14-15,24H,6-8,11-13,16H2,2-4H3. The van der Waals surface area contributed by atoms with Crippen molar-refractivity contribution in [2.75, 3.05) is 19.8 Å². The van der Waals surface area contributed by atoms with E-state index in [1.807, 2.05) is 36.6 Å². The number of ether oxygens (including phenoxy) is 3. The van der Waals surface area contributed by atoms with Gasteiger partial charge in [0.1, 0.15) is 12.3 Å². The van der Waals surface area contributed by atoms with Crippen LogP contribution in [0.1, 0.15) is 42.6 Å². The number of aromatic nitrogens is 6. The van der Waals surface area contributed by atoms with Crippen LogP contribution < -0.4 is 4.74 Å². The second-order valence-electron chi connectivity index (χ2n) is 8.85. The predicted octanol–water partition coefficient (Wildman–Crippen LogP) is 4.36. The highest BCUT2D eigenvalue weighted by molar-refractivity contribution is 14.1. The maximum absolute atomic E-state index is 5.96. The Morgan fingerprint density at radius 2 is 2.06 bits per heavy atom. The van der Waals surface area contributed by atoms with Gasteiger partial charge in [0.05, 0.1) is 39.9 Å². The molecule has 0 saturated carbocycles. The summed E-state index contributed by atoms with van der Waals surface area (Å²) in [4.78, 5) is 0. The van der Waals surface area contributed by atoms with Crippen molar-refractivity contribution >= 4 is 33.5 Å². The molecule has 1 fully saturated rings. The van der Waals surface area contributed by atoms with E-state index >= 15 is 0 Å². The highest BCUT2D eigenvalue weighted by Crippen LogP contribution is 2.32. The molecular weight excluding hydrogens is 571 g/mol. The van der Waals surface area contributed by atoms with Crippen molar-refractivity contribution in [2.45, 2.75) is 39.0 Å². The van der Waals surface area contributed by atoms with E-state index in [1.54, 1.807) is 4.68 Å². The fourth-order valence-corrected chi connectivity index (χ4v) is 5.17. The fourth-order valence-electron chi connectivity index (χ4n) is 4.56. The zero-order chi connectivity index (χ0) is 25.2. The molecule has 4 heterocycles. The van der Waals surface area contributed by atoms with Gasteiger partial charge in [-0.25, -0.2) is 9.36 Å². The molecule has 0 bridgehead atoms. The molecule has 36 heavy (non-hydrogen) atoms. The van der Waals surface area contributed by atoms with Gasteiger partial charge in [-0.15, -0.1) is 6.42 Å². The maximum Gasteiger partial charge on any atom is 0.225 e. The molecule has 9 nitrogen and oxygen atoms in total. The number of rotatable bonds is 8. The van der Waals surface area contributed by atoms with Crippen LogP contribution in [0.15, 0.2) is 24.4 Å².